The van der Waals surface area contributed by atoms with Gasteiger partial charge in [-0.1, -0.05) is 222 Å². The molecule has 0 aromatic heterocycles. The minimum absolute atomic E-state index is 0. The van der Waals surface area contributed by atoms with Crippen LogP contribution in [-0.4, -0.2) is 12.3 Å². The van der Waals surface area contributed by atoms with Gasteiger partial charge in [0.2, 0.25) is 0 Å². The average molecular weight is 756 g/mol. The monoisotopic (exact) mass is 754 g/mol. The van der Waals surface area contributed by atoms with Crippen LogP contribution in [0.15, 0.2) is 0 Å². The van der Waals surface area contributed by atoms with Gasteiger partial charge in [-0.15, -0.1) is 0 Å². The summed E-state index contributed by atoms with van der Waals surface area (Å²) in [6.07, 6.45) is 39.9. The van der Waals surface area contributed by atoms with Crippen molar-refractivity contribution in [2.24, 2.45) is 0 Å². The molecule has 0 heterocycles. The average Bonchev–Trinajstić information content (AvgIpc) is 2.96. The van der Waals surface area contributed by atoms with Crippen molar-refractivity contribution < 1.29 is 54.9 Å². The molecule has 0 saturated carbocycles. The first-order chi connectivity index (χ1) is 21.1. The fourth-order valence-electron chi connectivity index (χ4n) is 5.71. The van der Waals surface area contributed by atoms with E-state index in [1.54, 1.807) is 0 Å². The van der Waals surface area contributed by atoms with Crippen molar-refractivity contribution in [3.05, 3.63) is 0 Å². The standard InChI is InChI=1S/2C18H39O3P.Zr/c2*1-2-3-4-5-6-7-8-9-10-11-12-13-14-15-16-17-18-22(19,20)21;/h2*2-18H2,1H3,(H2,19,20,21);/q;;+4/p-4. The molecule has 0 spiro atoms. The summed E-state index contributed by atoms with van der Waals surface area (Å²) >= 11 is 0. The molecule has 0 fully saturated rings. The van der Waals surface area contributed by atoms with Crippen LogP contribution < -0.4 is 19.6 Å². The maximum Gasteiger partial charge on any atom is 4.00 e. The SMILES string of the molecule is CCCCCCCCCCCCCCCCCCP(=O)([O-])[O-].CCCCCCCCCCCCCCCCCCP(=O)([O-])[O-].[Zr+4]. The Morgan fingerprint density at radius 3 is 0.556 bits per heavy atom. The smallest absolute Gasteiger partial charge is 0.811 e. The second kappa shape index (κ2) is 39.6. The van der Waals surface area contributed by atoms with Gasteiger partial charge < -0.3 is 28.7 Å². The zero-order valence-corrected chi connectivity index (χ0v) is 34.1. The maximum atomic E-state index is 10.5. The third-order valence-electron chi connectivity index (χ3n) is 8.57. The summed E-state index contributed by atoms with van der Waals surface area (Å²) in [7, 11) is -8.51. The van der Waals surface area contributed by atoms with Crippen molar-refractivity contribution in [2.75, 3.05) is 12.3 Å². The second-order valence-corrected chi connectivity index (χ2v) is 16.6. The third kappa shape index (κ3) is 54.9. The topological polar surface area (TPSA) is 126 Å². The molecule has 0 aliphatic carbocycles. The molecule has 9 heteroatoms. The number of rotatable bonds is 34. The van der Waals surface area contributed by atoms with Crippen molar-refractivity contribution in [2.45, 2.75) is 219 Å². The van der Waals surface area contributed by atoms with Crippen molar-refractivity contribution in [3.63, 3.8) is 0 Å². The fraction of sp³-hybridized carbons (Fsp3) is 1.00. The van der Waals surface area contributed by atoms with Gasteiger partial charge in [0.05, 0.1) is 0 Å². The van der Waals surface area contributed by atoms with Crippen LogP contribution in [0.2, 0.25) is 0 Å². The zero-order chi connectivity index (χ0) is 33.0. The normalized spacial score (nSPS) is 11.7. The predicted molar refractivity (Wildman–Crippen MR) is 184 cm³/mol. The first-order valence-electron chi connectivity index (χ1n) is 19.1. The Morgan fingerprint density at radius 2 is 0.422 bits per heavy atom. The van der Waals surface area contributed by atoms with E-state index < -0.39 is 15.2 Å². The molecule has 0 aromatic carbocycles. The Bertz CT molecular complexity index is 587. The first kappa shape index (κ1) is 50.6. The Labute approximate surface area is 300 Å². The molecule has 0 atom stereocenters. The summed E-state index contributed by atoms with van der Waals surface area (Å²) in [4.78, 5) is 41.8. The zero-order valence-electron chi connectivity index (χ0n) is 29.9. The molecule has 0 N–H and O–H groups in total. The van der Waals surface area contributed by atoms with Crippen molar-refractivity contribution in [3.8, 4) is 0 Å². The van der Waals surface area contributed by atoms with Gasteiger partial charge >= 0.3 is 26.2 Å². The van der Waals surface area contributed by atoms with Crippen LogP contribution in [0.3, 0.4) is 0 Å². The van der Waals surface area contributed by atoms with Gasteiger partial charge in [0.15, 0.2) is 0 Å². The molecule has 45 heavy (non-hydrogen) atoms. The van der Waals surface area contributed by atoms with E-state index in [4.69, 9.17) is 0 Å². The van der Waals surface area contributed by atoms with Gasteiger partial charge in [0.1, 0.15) is 0 Å². The molecular formula is C36H74O6P2Zr. The number of hydrogen-bond donors (Lipinski definition) is 0. The van der Waals surface area contributed by atoms with Gasteiger partial charge in [0, 0.05) is 0 Å². The van der Waals surface area contributed by atoms with Crippen LogP contribution in [0.1, 0.15) is 219 Å². The predicted octanol–water partition coefficient (Wildman–Crippen LogP) is 10.3. The minimum atomic E-state index is -4.25. The summed E-state index contributed by atoms with van der Waals surface area (Å²) in [6.45, 7) is 4.52. The molecule has 6 nitrogen and oxygen atoms in total. The first-order valence-corrected chi connectivity index (χ1v) is 22.6. The molecule has 0 aliphatic rings. The Morgan fingerprint density at radius 1 is 0.289 bits per heavy atom. The molecule has 0 amide bonds. The van der Waals surface area contributed by atoms with Crippen molar-refractivity contribution >= 4 is 15.2 Å². The van der Waals surface area contributed by atoms with E-state index in [0.717, 1.165) is 25.7 Å². The molecule has 0 radical (unpaired) electrons. The molecule has 0 bridgehead atoms. The van der Waals surface area contributed by atoms with Gasteiger partial charge in [-0.05, 0) is 25.2 Å². The summed E-state index contributed by atoms with van der Waals surface area (Å²) in [5, 5.41) is 0. The molecule has 0 aromatic rings. The van der Waals surface area contributed by atoms with E-state index in [2.05, 4.69) is 13.8 Å². The maximum absolute atomic E-state index is 10.5. The molecule has 0 aliphatic heterocycles. The minimum Gasteiger partial charge on any atom is -0.811 e. The largest absolute Gasteiger partial charge is 4.00 e. The Balaban J connectivity index is -0.000000767. The number of unbranched alkanes of at least 4 members (excludes halogenated alkanes) is 30. The molecule has 0 saturated heterocycles. The van der Waals surface area contributed by atoms with E-state index in [9.17, 15) is 28.7 Å². The number of hydrogen-bond acceptors (Lipinski definition) is 6. The summed E-state index contributed by atoms with van der Waals surface area (Å²) in [5.74, 6) is 0. The van der Waals surface area contributed by atoms with E-state index >= 15 is 0 Å². The molecule has 268 valence electrons. The van der Waals surface area contributed by atoms with E-state index in [1.807, 2.05) is 0 Å². The van der Waals surface area contributed by atoms with Gasteiger partial charge in [-0.3, -0.25) is 0 Å². The summed E-state index contributed by atoms with van der Waals surface area (Å²) in [5.41, 5.74) is 0. The molecular weight excluding hydrogens is 682 g/mol. The fourth-order valence-corrected chi connectivity index (χ4v) is 6.93. The van der Waals surface area contributed by atoms with Crippen LogP contribution in [0.25, 0.3) is 0 Å². The van der Waals surface area contributed by atoms with E-state index in [-0.39, 0.29) is 38.5 Å². The molecule has 0 rings (SSSR count). The third-order valence-corrected chi connectivity index (χ3v) is 10.3. The Hall–Kier alpha value is 1.18. The Kier molecular flexibility index (Phi) is 44.5. The van der Waals surface area contributed by atoms with Gasteiger partial charge in [-0.25, -0.2) is 0 Å². The second-order valence-electron chi connectivity index (χ2n) is 13.3. The van der Waals surface area contributed by atoms with Crippen molar-refractivity contribution in [1.82, 2.24) is 0 Å². The van der Waals surface area contributed by atoms with Gasteiger partial charge in [-0.2, -0.15) is 0 Å². The van der Waals surface area contributed by atoms with Crippen molar-refractivity contribution in [1.29, 1.82) is 0 Å². The summed E-state index contributed by atoms with van der Waals surface area (Å²) in [6, 6.07) is 0. The summed E-state index contributed by atoms with van der Waals surface area (Å²) < 4.78 is 20.9. The van der Waals surface area contributed by atoms with Crippen LogP contribution >= 0.6 is 15.2 Å². The van der Waals surface area contributed by atoms with Crippen LogP contribution in [0, 0.1) is 0 Å². The van der Waals surface area contributed by atoms with E-state index in [0.29, 0.717) is 12.8 Å². The van der Waals surface area contributed by atoms with Crippen LogP contribution in [-0.2, 0) is 35.3 Å². The quantitative estimate of drug-likeness (QED) is 0.0475. The molecule has 0 unspecified atom stereocenters. The van der Waals surface area contributed by atoms with E-state index in [1.165, 1.54) is 167 Å². The van der Waals surface area contributed by atoms with Crippen LogP contribution in [0.4, 0.5) is 0 Å². The van der Waals surface area contributed by atoms with Crippen LogP contribution in [0.5, 0.6) is 0 Å². The van der Waals surface area contributed by atoms with Gasteiger partial charge in [0.25, 0.3) is 0 Å².